The zero-order valence-corrected chi connectivity index (χ0v) is 16.4. The van der Waals surface area contributed by atoms with Crippen molar-refractivity contribution in [2.24, 2.45) is 0 Å². The number of nitrogens with one attached hydrogen (secondary N) is 1. The average molecular weight is 383 g/mol. The Balaban J connectivity index is 2.15. The number of rotatable bonds is 7. The van der Waals surface area contributed by atoms with Crippen molar-refractivity contribution in [2.75, 3.05) is 11.9 Å². The van der Waals surface area contributed by atoms with E-state index in [4.69, 9.17) is 4.74 Å². The molecule has 2 heterocycles. The van der Waals surface area contributed by atoms with Gasteiger partial charge in [0.2, 0.25) is 5.91 Å². The summed E-state index contributed by atoms with van der Waals surface area (Å²) in [6.45, 7) is 8.09. The van der Waals surface area contributed by atoms with Crippen LogP contribution in [-0.4, -0.2) is 23.1 Å². The number of hydrogen-bond acceptors (Lipinski definition) is 6. The van der Waals surface area contributed by atoms with Crippen LogP contribution < -0.4 is 10.2 Å². The minimum Gasteiger partial charge on any atom is -0.462 e. The molecule has 0 aliphatic carbocycles. The second-order valence-electron chi connectivity index (χ2n) is 5.51. The molecule has 0 unspecified atom stereocenters. The minimum absolute atomic E-state index is 0.0715. The van der Waals surface area contributed by atoms with Gasteiger partial charge in [0, 0.05) is 28.9 Å². The second-order valence-corrected chi connectivity index (χ2v) is 7.55. The SMILES string of the molecule is CCOC(=O)c1c(NC(=O)CCn2c(C)csc2=O)sc(C)c1CC. The molecule has 136 valence electrons. The van der Waals surface area contributed by atoms with Gasteiger partial charge >= 0.3 is 10.8 Å². The van der Waals surface area contributed by atoms with Gasteiger partial charge in [0.05, 0.1) is 12.2 Å². The Morgan fingerprint density at radius 1 is 1.28 bits per heavy atom. The lowest BCUT2D eigenvalue weighted by molar-refractivity contribution is -0.116. The maximum absolute atomic E-state index is 12.3. The average Bonchev–Trinajstić information content (AvgIpc) is 3.04. The largest absolute Gasteiger partial charge is 0.462 e. The Kier molecular flexibility index (Phi) is 6.55. The summed E-state index contributed by atoms with van der Waals surface area (Å²) in [4.78, 5) is 37.2. The Hall–Kier alpha value is -1.93. The maximum Gasteiger partial charge on any atom is 0.341 e. The first-order valence-electron chi connectivity index (χ1n) is 8.13. The lowest BCUT2D eigenvalue weighted by atomic mass is 10.1. The fourth-order valence-electron chi connectivity index (χ4n) is 2.59. The Morgan fingerprint density at radius 2 is 2.00 bits per heavy atom. The number of amides is 1. The summed E-state index contributed by atoms with van der Waals surface area (Å²) in [5.74, 6) is -0.643. The van der Waals surface area contributed by atoms with Crippen molar-refractivity contribution in [1.29, 1.82) is 0 Å². The number of nitrogens with zero attached hydrogens (tertiary/aromatic N) is 1. The fourth-order valence-corrected chi connectivity index (χ4v) is 4.50. The Labute approximate surface area is 154 Å². The van der Waals surface area contributed by atoms with E-state index in [1.54, 1.807) is 16.9 Å². The molecular weight excluding hydrogens is 360 g/mol. The van der Waals surface area contributed by atoms with Gasteiger partial charge in [-0.05, 0) is 32.8 Å². The molecule has 2 aromatic heterocycles. The van der Waals surface area contributed by atoms with Gasteiger partial charge in [0.15, 0.2) is 0 Å². The van der Waals surface area contributed by atoms with E-state index in [1.165, 1.54) is 11.3 Å². The highest BCUT2D eigenvalue weighted by Crippen LogP contribution is 2.34. The molecule has 0 saturated carbocycles. The number of esters is 1. The Morgan fingerprint density at radius 3 is 2.56 bits per heavy atom. The number of aryl methyl sites for hydroxylation is 2. The third-order valence-corrected chi connectivity index (χ3v) is 5.78. The van der Waals surface area contributed by atoms with Crippen LogP contribution in [0.3, 0.4) is 0 Å². The Bertz CT molecular complexity index is 832. The number of aromatic nitrogens is 1. The third kappa shape index (κ3) is 4.38. The van der Waals surface area contributed by atoms with Crippen LogP contribution in [0.4, 0.5) is 5.00 Å². The molecule has 0 aliphatic heterocycles. The summed E-state index contributed by atoms with van der Waals surface area (Å²) in [5.41, 5.74) is 2.20. The van der Waals surface area contributed by atoms with Gasteiger partial charge in [-0.1, -0.05) is 18.3 Å². The molecular formula is C17H22N2O4S2. The standard InChI is InChI=1S/C17H22N2O4S2/c1-5-12-11(4)25-15(14(12)16(21)23-6-2)18-13(20)7-8-19-10(3)9-24-17(19)22/h9H,5-8H2,1-4H3,(H,18,20). The summed E-state index contributed by atoms with van der Waals surface area (Å²) in [5, 5.41) is 5.11. The molecule has 8 heteroatoms. The zero-order valence-electron chi connectivity index (χ0n) is 14.8. The van der Waals surface area contributed by atoms with Gasteiger partial charge in [-0.2, -0.15) is 0 Å². The van der Waals surface area contributed by atoms with Crippen molar-refractivity contribution in [1.82, 2.24) is 4.57 Å². The van der Waals surface area contributed by atoms with Crippen LogP contribution in [0.2, 0.25) is 0 Å². The molecule has 0 bridgehead atoms. The van der Waals surface area contributed by atoms with Crippen molar-refractivity contribution in [3.63, 3.8) is 0 Å². The van der Waals surface area contributed by atoms with E-state index in [0.717, 1.165) is 27.5 Å². The van der Waals surface area contributed by atoms with E-state index in [2.05, 4.69) is 5.32 Å². The number of carbonyl (C=O) groups excluding carboxylic acids is 2. The van der Waals surface area contributed by atoms with Crippen molar-refractivity contribution in [3.05, 3.63) is 36.7 Å². The lowest BCUT2D eigenvalue weighted by Crippen LogP contribution is -2.20. The van der Waals surface area contributed by atoms with Crippen LogP contribution >= 0.6 is 22.7 Å². The summed E-state index contributed by atoms with van der Waals surface area (Å²) in [6, 6.07) is 0. The smallest absolute Gasteiger partial charge is 0.341 e. The van der Waals surface area contributed by atoms with Crippen LogP contribution in [0, 0.1) is 13.8 Å². The molecule has 25 heavy (non-hydrogen) atoms. The predicted octanol–water partition coefficient (Wildman–Crippen LogP) is 3.36. The summed E-state index contributed by atoms with van der Waals surface area (Å²) >= 11 is 2.50. The first kappa shape index (κ1) is 19.4. The van der Waals surface area contributed by atoms with Gasteiger partial charge in [-0.3, -0.25) is 9.59 Å². The van der Waals surface area contributed by atoms with Crippen LogP contribution in [0.1, 0.15) is 46.8 Å². The van der Waals surface area contributed by atoms with Gasteiger partial charge in [-0.25, -0.2) is 4.79 Å². The van der Waals surface area contributed by atoms with Crippen molar-refractivity contribution in [2.45, 2.75) is 47.1 Å². The monoisotopic (exact) mass is 382 g/mol. The third-order valence-electron chi connectivity index (χ3n) is 3.83. The van der Waals surface area contributed by atoms with E-state index in [-0.39, 0.29) is 23.8 Å². The van der Waals surface area contributed by atoms with E-state index >= 15 is 0 Å². The molecule has 0 atom stereocenters. The molecule has 0 saturated heterocycles. The van der Waals surface area contributed by atoms with Gasteiger partial charge in [0.1, 0.15) is 5.00 Å². The first-order valence-corrected chi connectivity index (χ1v) is 9.82. The summed E-state index contributed by atoms with van der Waals surface area (Å²) < 4.78 is 6.71. The van der Waals surface area contributed by atoms with Gasteiger partial charge in [0.25, 0.3) is 0 Å². The fraction of sp³-hybridized carbons (Fsp3) is 0.471. The molecule has 0 radical (unpaired) electrons. The summed E-state index contributed by atoms with van der Waals surface area (Å²) in [7, 11) is 0. The highest BCUT2D eigenvalue weighted by atomic mass is 32.1. The number of thiophene rings is 1. The molecule has 1 amide bonds. The minimum atomic E-state index is -0.413. The van der Waals surface area contributed by atoms with Crippen molar-refractivity contribution >= 4 is 39.6 Å². The molecule has 0 spiro atoms. The molecule has 0 aliphatic rings. The van der Waals surface area contributed by atoms with Gasteiger partial charge < -0.3 is 14.6 Å². The highest BCUT2D eigenvalue weighted by Gasteiger charge is 2.23. The molecule has 2 aromatic rings. The number of anilines is 1. The topological polar surface area (TPSA) is 77.4 Å². The quantitative estimate of drug-likeness (QED) is 0.745. The van der Waals surface area contributed by atoms with Crippen LogP contribution in [-0.2, 0) is 22.5 Å². The number of carbonyl (C=O) groups is 2. The van der Waals surface area contributed by atoms with Crippen LogP contribution in [0.25, 0.3) is 0 Å². The molecule has 0 fully saturated rings. The van der Waals surface area contributed by atoms with Gasteiger partial charge in [-0.15, -0.1) is 11.3 Å². The van der Waals surface area contributed by atoms with Crippen LogP contribution in [0.15, 0.2) is 10.2 Å². The highest BCUT2D eigenvalue weighted by molar-refractivity contribution is 7.16. The molecule has 6 nitrogen and oxygen atoms in total. The summed E-state index contributed by atoms with van der Waals surface area (Å²) in [6.07, 6.45) is 0.855. The number of ether oxygens (including phenoxy) is 1. The predicted molar refractivity (Wildman–Crippen MR) is 101 cm³/mol. The van der Waals surface area contributed by atoms with Crippen molar-refractivity contribution < 1.29 is 14.3 Å². The lowest BCUT2D eigenvalue weighted by Gasteiger charge is -2.08. The second kappa shape index (κ2) is 8.44. The molecule has 1 N–H and O–H groups in total. The van der Waals surface area contributed by atoms with E-state index in [0.29, 0.717) is 23.5 Å². The van der Waals surface area contributed by atoms with Crippen LogP contribution in [0.5, 0.6) is 0 Å². The zero-order chi connectivity index (χ0) is 18.6. The van der Waals surface area contributed by atoms with E-state index in [1.807, 2.05) is 20.8 Å². The first-order chi connectivity index (χ1) is 11.9. The normalized spacial score (nSPS) is 10.7. The number of thiazole rings is 1. The molecule has 2 rings (SSSR count). The van der Waals surface area contributed by atoms with E-state index in [9.17, 15) is 14.4 Å². The molecule has 0 aromatic carbocycles. The maximum atomic E-state index is 12.3. The van der Waals surface area contributed by atoms with Crippen molar-refractivity contribution in [3.8, 4) is 0 Å². The number of hydrogen-bond donors (Lipinski definition) is 1. The van der Waals surface area contributed by atoms with E-state index < -0.39 is 5.97 Å².